The number of ether oxygens (including phenoxy) is 4. The lowest BCUT2D eigenvalue weighted by atomic mass is 9.95. The number of nitrogens with zero attached hydrogens (tertiary/aromatic N) is 2. The number of rotatable bonds is 11. The Morgan fingerprint density at radius 3 is 2.42 bits per heavy atom. The van der Waals surface area contributed by atoms with Crippen molar-refractivity contribution < 1.29 is 28.5 Å². The number of carbonyl (C=O) groups excluding carboxylic acids is 2. The van der Waals surface area contributed by atoms with Gasteiger partial charge in [-0.1, -0.05) is 35.6 Å². The van der Waals surface area contributed by atoms with Crippen LogP contribution in [0.1, 0.15) is 44.9 Å². The number of hydrogen-bond acceptors (Lipinski definition) is 9. The summed E-state index contributed by atoms with van der Waals surface area (Å²) < 4.78 is 24.3. The summed E-state index contributed by atoms with van der Waals surface area (Å²) >= 11 is 1.21. The van der Waals surface area contributed by atoms with Crippen LogP contribution in [0.2, 0.25) is 0 Å². The molecule has 11 heteroatoms. The van der Waals surface area contributed by atoms with Gasteiger partial charge in [0.15, 0.2) is 22.9 Å². The Morgan fingerprint density at radius 2 is 1.73 bits per heavy atom. The number of hydrogen-bond donors (Lipinski definition) is 1. The molecule has 1 atom stereocenters. The van der Waals surface area contributed by atoms with Crippen LogP contribution in [0.25, 0.3) is 6.08 Å². The van der Waals surface area contributed by atoms with E-state index in [1.807, 2.05) is 38.1 Å². The van der Waals surface area contributed by atoms with Crippen molar-refractivity contribution in [2.24, 2.45) is 10.7 Å². The molecule has 1 aromatic heterocycles. The highest BCUT2D eigenvalue weighted by atomic mass is 32.1. The van der Waals surface area contributed by atoms with Crippen LogP contribution in [0, 0.1) is 0 Å². The van der Waals surface area contributed by atoms with Gasteiger partial charge in [-0.05, 0) is 57.5 Å². The van der Waals surface area contributed by atoms with Gasteiger partial charge in [0, 0.05) is 5.56 Å². The number of thiazole rings is 1. The minimum Gasteiger partial charge on any atom is -0.494 e. The smallest absolute Gasteiger partial charge is 0.338 e. The predicted molar refractivity (Wildman–Crippen MR) is 150 cm³/mol. The van der Waals surface area contributed by atoms with Gasteiger partial charge in [-0.25, -0.2) is 9.79 Å². The maximum atomic E-state index is 13.9. The first-order chi connectivity index (χ1) is 19.3. The molecule has 1 aliphatic rings. The minimum absolute atomic E-state index is 0.182. The van der Waals surface area contributed by atoms with Crippen LogP contribution in [0.5, 0.6) is 17.2 Å². The second-order valence-electron chi connectivity index (χ2n) is 8.67. The van der Waals surface area contributed by atoms with Crippen molar-refractivity contribution in [3.8, 4) is 17.2 Å². The van der Waals surface area contributed by atoms with E-state index in [-0.39, 0.29) is 24.3 Å². The van der Waals surface area contributed by atoms with Gasteiger partial charge in [0.2, 0.25) is 0 Å². The summed E-state index contributed by atoms with van der Waals surface area (Å²) in [4.78, 5) is 43.3. The lowest BCUT2D eigenvalue weighted by Crippen LogP contribution is -2.40. The van der Waals surface area contributed by atoms with E-state index in [1.54, 1.807) is 38.1 Å². The molecule has 0 saturated heterocycles. The summed E-state index contributed by atoms with van der Waals surface area (Å²) in [6, 6.07) is 11.6. The Bertz CT molecular complexity index is 1640. The monoisotopic (exact) mass is 565 g/mol. The van der Waals surface area contributed by atoms with Crippen LogP contribution < -0.4 is 34.8 Å². The second-order valence-corrected chi connectivity index (χ2v) is 9.68. The third-order valence-electron chi connectivity index (χ3n) is 5.97. The third-order valence-corrected chi connectivity index (χ3v) is 6.95. The van der Waals surface area contributed by atoms with Crippen LogP contribution in [0.3, 0.4) is 0 Å². The van der Waals surface area contributed by atoms with Gasteiger partial charge in [0.1, 0.15) is 11.8 Å². The van der Waals surface area contributed by atoms with Crippen LogP contribution in [-0.2, 0) is 14.3 Å². The van der Waals surface area contributed by atoms with Crippen molar-refractivity contribution in [3.63, 3.8) is 0 Å². The molecule has 4 rings (SSSR count). The lowest BCUT2D eigenvalue weighted by molar-refractivity contribution is -0.139. The van der Waals surface area contributed by atoms with Crippen molar-refractivity contribution in [1.82, 2.24) is 4.57 Å². The number of esters is 1. The summed E-state index contributed by atoms with van der Waals surface area (Å²) in [5.41, 5.74) is 6.96. The average molecular weight is 566 g/mol. The van der Waals surface area contributed by atoms with Crippen molar-refractivity contribution in [2.45, 2.75) is 33.7 Å². The summed E-state index contributed by atoms with van der Waals surface area (Å²) in [6.45, 7) is 7.84. The number of aromatic nitrogens is 1. The van der Waals surface area contributed by atoms with E-state index in [9.17, 15) is 14.4 Å². The van der Waals surface area contributed by atoms with Gasteiger partial charge in [-0.2, -0.15) is 0 Å². The number of fused-ring (bicyclic) bond motifs is 1. The number of amides is 1. The molecule has 40 heavy (non-hydrogen) atoms. The highest BCUT2D eigenvalue weighted by Crippen LogP contribution is 2.36. The SMILES string of the molecule is CCOC(=O)C1=C(C)N=c2s/c(=C\c3ccc(OCC(N)=O)c(OCC)c3)c(=O)n2[C@H]1c1ccccc1OCC. The molecule has 0 unspecified atom stereocenters. The van der Waals surface area contributed by atoms with Gasteiger partial charge in [-0.15, -0.1) is 0 Å². The maximum absolute atomic E-state index is 13.9. The number of primary amides is 1. The molecule has 210 valence electrons. The van der Waals surface area contributed by atoms with Crippen molar-refractivity contribution in [2.75, 3.05) is 26.4 Å². The molecule has 0 spiro atoms. The number of allylic oxidation sites excluding steroid dienone is 1. The first-order valence-corrected chi connectivity index (χ1v) is 13.7. The van der Waals surface area contributed by atoms with Gasteiger partial charge >= 0.3 is 5.97 Å². The second kappa shape index (κ2) is 12.6. The molecular weight excluding hydrogens is 534 g/mol. The quantitative estimate of drug-likeness (QED) is 0.353. The molecular formula is C29H31N3O7S. The minimum atomic E-state index is -0.788. The van der Waals surface area contributed by atoms with Gasteiger partial charge in [-0.3, -0.25) is 14.2 Å². The number of benzene rings is 2. The summed E-state index contributed by atoms with van der Waals surface area (Å²) in [6.07, 6.45) is 1.72. The molecule has 2 heterocycles. The lowest BCUT2D eigenvalue weighted by Gasteiger charge is -2.26. The molecule has 0 saturated carbocycles. The fourth-order valence-corrected chi connectivity index (χ4v) is 5.43. The van der Waals surface area contributed by atoms with E-state index < -0.39 is 17.9 Å². The number of nitrogens with two attached hydrogens (primary N) is 1. The summed E-state index contributed by atoms with van der Waals surface area (Å²) in [7, 11) is 0. The summed E-state index contributed by atoms with van der Waals surface area (Å²) in [5, 5.41) is 0. The van der Waals surface area contributed by atoms with Crippen LogP contribution in [0.15, 0.2) is 63.5 Å². The van der Waals surface area contributed by atoms with Gasteiger partial charge in [0.05, 0.1) is 35.6 Å². The van der Waals surface area contributed by atoms with E-state index in [1.165, 1.54) is 15.9 Å². The molecule has 0 fully saturated rings. The van der Waals surface area contributed by atoms with Crippen molar-refractivity contribution >= 4 is 29.3 Å². The predicted octanol–water partition coefficient (Wildman–Crippen LogP) is 2.46. The zero-order chi connectivity index (χ0) is 28.8. The summed E-state index contributed by atoms with van der Waals surface area (Å²) in [5.74, 6) is 0.192. The molecule has 0 aliphatic carbocycles. The largest absolute Gasteiger partial charge is 0.494 e. The normalized spacial score (nSPS) is 14.8. The molecule has 10 nitrogen and oxygen atoms in total. The zero-order valence-corrected chi connectivity index (χ0v) is 23.6. The van der Waals surface area contributed by atoms with Crippen LogP contribution in [-0.4, -0.2) is 42.9 Å². The number of para-hydroxylation sites is 1. The molecule has 1 aliphatic heterocycles. The fourth-order valence-electron chi connectivity index (χ4n) is 4.38. The Balaban J connectivity index is 1.88. The molecule has 0 bridgehead atoms. The highest BCUT2D eigenvalue weighted by molar-refractivity contribution is 7.07. The number of carbonyl (C=O) groups is 2. The molecule has 2 N–H and O–H groups in total. The zero-order valence-electron chi connectivity index (χ0n) is 22.8. The Kier molecular flexibility index (Phi) is 9.05. The van der Waals surface area contributed by atoms with E-state index in [0.717, 1.165) is 0 Å². The van der Waals surface area contributed by atoms with Crippen molar-refractivity contribution in [1.29, 1.82) is 0 Å². The molecule has 3 aromatic rings. The average Bonchev–Trinajstić information content (AvgIpc) is 3.22. The van der Waals surface area contributed by atoms with E-state index in [4.69, 9.17) is 24.7 Å². The van der Waals surface area contributed by atoms with E-state index in [2.05, 4.69) is 4.99 Å². The maximum Gasteiger partial charge on any atom is 0.338 e. The van der Waals surface area contributed by atoms with Gasteiger partial charge < -0.3 is 24.7 Å². The van der Waals surface area contributed by atoms with E-state index in [0.29, 0.717) is 56.6 Å². The topological polar surface area (TPSA) is 131 Å². The molecule has 2 aromatic carbocycles. The van der Waals surface area contributed by atoms with E-state index >= 15 is 0 Å². The van der Waals surface area contributed by atoms with Gasteiger partial charge in [0.25, 0.3) is 11.5 Å². The first-order valence-electron chi connectivity index (χ1n) is 12.9. The standard InChI is InChI=1S/C29H31N3O7S/c1-5-36-20-11-9-8-10-19(20)26-25(28(35)38-7-3)17(4)31-29-32(26)27(34)23(40-29)15-18-12-13-21(39-16-24(30)33)22(14-18)37-6-2/h8-15,26H,5-7,16H2,1-4H3,(H2,30,33)/b23-15-/t26-/m0/s1. The molecule has 1 amide bonds. The molecule has 0 radical (unpaired) electrons. The Hall–Kier alpha value is -4.38. The first kappa shape index (κ1) is 28.6. The fraction of sp³-hybridized carbons (Fsp3) is 0.310. The highest BCUT2D eigenvalue weighted by Gasteiger charge is 2.35. The Morgan fingerprint density at radius 1 is 1.00 bits per heavy atom. The van der Waals surface area contributed by atoms with Crippen LogP contribution in [0.4, 0.5) is 0 Å². The Labute approximate surface area is 235 Å². The van der Waals surface area contributed by atoms with Crippen molar-refractivity contribution in [3.05, 3.63) is 84.5 Å². The third kappa shape index (κ3) is 5.94. The van der Waals surface area contributed by atoms with Crippen LogP contribution >= 0.6 is 11.3 Å².